The molecule has 3 heterocycles. The number of carbonyl (C=O) groups is 6. The molecule has 0 aromatic heterocycles. The van der Waals surface area contributed by atoms with E-state index in [0.717, 1.165) is 50.5 Å². The molecule has 6 atom stereocenters. The first-order chi connectivity index (χ1) is 25.1. The van der Waals surface area contributed by atoms with Crippen molar-refractivity contribution in [2.45, 2.75) is 120 Å². The lowest BCUT2D eigenvalue weighted by atomic mass is 9.83. The van der Waals surface area contributed by atoms with E-state index in [1.807, 2.05) is 36.4 Å². The molecule has 6 amide bonds. The van der Waals surface area contributed by atoms with E-state index in [2.05, 4.69) is 21.3 Å². The van der Waals surface area contributed by atoms with Gasteiger partial charge in [0.1, 0.15) is 29.8 Å². The second-order valence-electron chi connectivity index (χ2n) is 15.0. The Bertz CT molecular complexity index is 1560. The van der Waals surface area contributed by atoms with Crippen LogP contribution in [0.4, 0.5) is 9.59 Å². The van der Waals surface area contributed by atoms with Gasteiger partial charge in [0.2, 0.25) is 17.7 Å². The number of hydrogen-bond acceptors (Lipinski definition) is 7. The number of carbonyl (C=O) groups excluding carboxylic acids is 5. The van der Waals surface area contributed by atoms with Crippen LogP contribution < -0.4 is 21.3 Å². The molecule has 2 aliphatic carbocycles. The number of nitrogens with one attached hydrogen (secondary N) is 4. The number of likely N-dealkylation sites (N-methyl/N-ethyl adjacent to an activating group) is 1. The van der Waals surface area contributed by atoms with Gasteiger partial charge in [-0.1, -0.05) is 68.5 Å². The summed E-state index contributed by atoms with van der Waals surface area (Å²) in [7, 11) is 1.54. The Hall–Kier alpha value is -4.62. The number of allylic oxidation sites excluding steroid dienone is 1. The normalized spacial score (nSPS) is 29.6. The summed E-state index contributed by atoms with van der Waals surface area (Å²) in [6, 6.07) is 4.26. The third-order valence-corrected chi connectivity index (χ3v) is 11.5. The second-order valence-corrected chi connectivity index (χ2v) is 15.0. The van der Waals surface area contributed by atoms with Gasteiger partial charge in [0.15, 0.2) is 0 Å². The van der Waals surface area contributed by atoms with Gasteiger partial charge in [-0.3, -0.25) is 14.4 Å². The van der Waals surface area contributed by atoms with Crippen LogP contribution in [0.15, 0.2) is 36.4 Å². The molecule has 2 unspecified atom stereocenters. The van der Waals surface area contributed by atoms with E-state index in [1.54, 1.807) is 11.9 Å². The molecule has 282 valence electrons. The number of carboxylic acids is 1. The van der Waals surface area contributed by atoms with Crippen molar-refractivity contribution in [1.82, 2.24) is 31.1 Å². The van der Waals surface area contributed by atoms with Gasteiger partial charge >= 0.3 is 18.1 Å². The molecule has 1 saturated heterocycles. The maximum atomic E-state index is 14.1. The van der Waals surface area contributed by atoms with E-state index in [0.29, 0.717) is 38.8 Å². The Morgan fingerprint density at radius 2 is 1.73 bits per heavy atom. The van der Waals surface area contributed by atoms with Crippen molar-refractivity contribution >= 4 is 35.8 Å². The maximum Gasteiger partial charge on any atom is 0.410 e. The quantitative estimate of drug-likeness (QED) is 0.278. The van der Waals surface area contributed by atoms with Crippen molar-refractivity contribution in [2.75, 3.05) is 20.1 Å². The lowest BCUT2D eigenvalue weighted by Gasteiger charge is -2.31. The number of rotatable bonds is 6. The van der Waals surface area contributed by atoms with Crippen molar-refractivity contribution in [3.63, 3.8) is 0 Å². The number of nitrogens with zero attached hydrogens (tertiary/aromatic N) is 2. The number of aliphatic carboxylic acids is 1. The molecule has 0 bridgehead atoms. The Labute approximate surface area is 304 Å². The number of benzene rings is 1. The molecule has 5 N–H and O–H groups in total. The number of ether oxygens (including phenoxy) is 1. The Kier molecular flexibility index (Phi) is 11.7. The summed E-state index contributed by atoms with van der Waals surface area (Å²) in [4.78, 5) is 83.5. The molecule has 3 fully saturated rings. The van der Waals surface area contributed by atoms with E-state index in [4.69, 9.17) is 4.74 Å². The van der Waals surface area contributed by atoms with E-state index in [9.17, 15) is 33.9 Å². The number of urea groups is 1. The standard InChI is InChI=1S/C38H52N6O8/c1-39-34(47)31(25-13-6-5-7-14-25)41-32(45)29-17-9-4-2-3-8-16-27-21-38(27,35(48)49)42-36(50)44-23-28(20-30(44)33(46)40-29)52-37(51)43-19-18-24-12-10-11-15-26(24)22-43/h8,10-12,15-16,25,27-31H,2-7,9,13-14,17-23H2,1H3,(H,39,47)(H,40,46)(H,41,45)(H,42,50)(H,48,49)/b16-8-/t27?,28-,29-,30+,31-,38?/m0/s1. The van der Waals surface area contributed by atoms with Crippen molar-refractivity contribution in [3.05, 3.63) is 47.5 Å². The minimum Gasteiger partial charge on any atom is -0.479 e. The highest BCUT2D eigenvalue weighted by Gasteiger charge is 2.61. The average molecular weight is 721 g/mol. The van der Waals surface area contributed by atoms with Crippen molar-refractivity contribution < 1.29 is 38.6 Å². The van der Waals surface area contributed by atoms with Crippen LogP contribution in [-0.2, 0) is 36.9 Å². The lowest BCUT2D eigenvalue weighted by molar-refractivity contribution is -0.140. The van der Waals surface area contributed by atoms with Crippen LogP contribution in [0.1, 0.15) is 88.2 Å². The number of fused-ring (bicyclic) bond motifs is 3. The van der Waals surface area contributed by atoms with Gasteiger partial charge in [-0.05, 0) is 62.0 Å². The molecular formula is C38H52N6O8. The van der Waals surface area contributed by atoms with Gasteiger partial charge in [-0.2, -0.15) is 0 Å². The first kappa shape index (κ1) is 37.1. The molecule has 6 rings (SSSR count). The molecule has 5 aliphatic rings. The largest absolute Gasteiger partial charge is 0.479 e. The van der Waals surface area contributed by atoms with Gasteiger partial charge < -0.3 is 40.9 Å². The SMILES string of the molecule is CNC(=O)[C@@H](NC(=O)[C@@H]1CCCCC/C=C\C2CC2(C(=O)O)NC(=O)N2C[C@@H](OC(=O)N3CCc4ccccc4C3)C[C@@H]2C(=O)N1)C1CCCCC1. The van der Waals surface area contributed by atoms with Crippen molar-refractivity contribution in [2.24, 2.45) is 11.8 Å². The summed E-state index contributed by atoms with van der Waals surface area (Å²) >= 11 is 0. The van der Waals surface area contributed by atoms with E-state index >= 15 is 0 Å². The fourth-order valence-corrected chi connectivity index (χ4v) is 8.31. The molecule has 0 radical (unpaired) electrons. The van der Waals surface area contributed by atoms with Gasteiger partial charge in [0, 0.05) is 32.5 Å². The predicted octanol–water partition coefficient (Wildman–Crippen LogP) is 2.99. The van der Waals surface area contributed by atoms with Crippen LogP contribution >= 0.6 is 0 Å². The van der Waals surface area contributed by atoms with E-state index in [-0.39, 0.29) is 31.2 Å². The number of amides is 6. The van der Waals surface area contributed by atoms with Crippen LogP contribution in [-0.4, -0.2) is 101 Å². The Morgan fingerprint density at radius 3 is 2.48 bits per heavy atom. The highest BCUT2D eigenvalue weighted by Crippen LogP contribution is 2.45. The highest BCUT2D eigenvalue weighted by molar-refractivity contribution is 5.96. The van der Waals surface area contributed by atoms with Gasteiger partial charge in [-0.25, -0.2) is 14.4 Å². The fraction of sp³-hybridized carbons (Fsp3) is 0.632. The molecule has 1 aromatic rings. The average Bonchev–Trinajstić information content (AvgIpc) is 3.69. The number of carboxylic acid groups (broad SMARTS) is 1. The Morgan fingerprint density at radius 1 is 1.00 bits per heavy atom. The van der Waals surface area contributed by atoms with Gasteiger partial charge in [-0.15, -0.1) is 0 Å². The van der Waals surface area contributed by atoms with Crippen molar-refractivity contribution in [1.29, 1.82) is 0 Å². The minimum absolute atomic E-state index is 0.0167. The molecule has 52 heavy (non-hydrogen) atoms. The van der Waals surface area contributed by atoms with E-state index in [1.165, 1.54) is 10.5 Å². The number of hydrogen-bond donors (Lipinski definition) is 5. The summed E-state index contributed by atoms with van der Waals surface area (Å²) in [6.45, 7) is 0.704. The zero-order valence-electron chi connectivity index (χ0n) is 29.9. The first-order valence-corrected chi connectivity index (χ1v) is 18.9. The highest BCUT2D eigenvalue weighted by atomic mass is 16.6. The first-order valence-electron chi connectivity index (χ1n) is 18.9. The molecule has 1 aromatic carbocycles. The van der Waals surface area contributed by atoms with E-state index < -0.39 is 65.6 Å². The topological polar surface area (TPSA) is 186 Å². The summed E-state index contributed by atoms with van der Waals surface area (Å²) in [5.41, 5.74) is 0.692. The van der Waals surface area contributed by atoms with Crippen molar-refractivity contribution in [3.8, 4) is 0 Å². The Balaban J connectivity index is 1.21. The molecular weight excluding hydrogens is 668 g/mol. The summed E-state index contributed by atoms with van der Waals surface area (Å²) in [6.07, 6.45) is 11.1. The summed E-state index contributed by atoms with van der Waals surface area (Å²) in [5.74, 6) is -2.93. The molecule has 2 saturated carbocycles. The van der Waals surface area contributed by atoms with Crippen LogP contribution in [0.3, 0.4) is 0 Å². The third-order valence-electron chi connectivity index (χ3n) is 11.5. The van der Waals surface area contributed by atoms with Crippen LogP contribution in [0, 0.1) is 11.8 Å². The monoisotopic (exact) mass is 720 g/mol. The zero-order valence-corrected chi connectivity index (χ0v) is 29.9. The van der Waals surface area contributed by atoms with Crippen LogP contribution in [0.2, 0.25) is 0 Å². The summed E-state index contributed by atoms with van der Waals surface area (Å²) < 4.78 is 5.90. The second kappa shape index (κ2) is 16.4. The van der Waals surface area contributed by atoms with Gasteiger partial charge in [0.05, 0.1) is 6.54 Å². The third kappa shape index (κ3) is 8.36. The predicted molar refractivity (Wildman–Crippen MR) is 190 cm³/mol. The van der Waals surface area contributed by atoms with Crippen LogP contribution in [0.5, 0.6) is 0 Å². The lowest BCUT2D eigenvalue weighted by Crippen LogP contribution is -2.59. The molecule has 3 aliphatic heterocycles. The van der Waals surface area contributed by atoms with Gasteiger partial charge in [0.25, 0.3) is 0 Å². The maximum absolute atomic E-state index is 14.1. The minimum atomic E-state index is -1.50. The zero-order chi connectivity index (χ0) is 36.8. The smallest absolute Gasteiger partial charge is 0.410 e. The molecule has 0 spiro atoms. The van der Waals surface area contributed by atoms with Crippen LogP contribution in [0.25, 0.3) is 0 Å². The fourth-order valence-electron chi connectivity index (χ4n) is 8.31. The molecule has 14 heteroatoms. The summed E-state index contributed by atoms with van der Waals surface area (Å²) in [5, 5.41) is 21.3. The molecule has 14 nitrogen and oxygen atoms in total.